The Morgan fingerprint density at radius 3 is 2.57 bits per heavy atom. The van der Waals surface area contributed by atoms with Crippen molar-refractivity contribution >= 4 is 27.3 Å². The van der Waals surface area contributed by atoms with Crippen molar-refractivity contribution in [3.8, 4) is 0 Å². The number of aliphatic hydroxyl groups is 1. The van der Waals surface area contributed by atoms with Crippen LogP contribution in [0.15, 0.2) is 15.9 Å². The Morgan fingerprint density at radius 2 is 2.21 bits per heavy atom. The molecule has 0 aliphatic rings. The third-order valence-electron chi connectivity index (χ3n) is 2.79. The van der Waals surface area contributed by atoms with Gasteiger partial charge in [-0.1, -0.05) is 20.8 Å². The van der Waals surface area contributed by atoms with Crippen molar-refractivity contribution in [2.24, 2.45) is 5.92 Å². The summed E-state index contributed by atoms with van der Waals surface area (Å²) in [5.41, 5.74) is -0.551. The van der Waals surface area contributed by atoms with Crippen LogP contribution in [0.25, 0.3) is 0 Å². The van der Waals surface area contributed by atoms with Crippen LogP contribution in [0.1, 0.15) is 32.1 Å². The molecule has 0 saturated heterocycles. The van der Waals surface area contributed by atoms with Crippen LogP contribution in [0, 0.1) is 5.92 Å². The molecule has 14 heavy (non-hydrogen) atoms. The van der Waals surface area contributed by atoms with E-state index in [2.05, 4.69) is 41.2 Å². The van der Waals surface area contributed by atoms with Gasteiger partial charge in [0, 0.05) is 21.2 Å². The van der Waals surface area contributed by atoms with Crippen LogP contribution in [-0.2, 0) is 6.42 Å². The highest BCUT2D eigenvalue weighted by atomic mass is 79.9. The molecule has 0 bridgehead atoms. The van der Waals surface area contributed by atoms with Gasteiger partial charge in [-0.25, -0.2) is 0 Å². The van der Waals surface area contributed by atoms with Gasteiger partial charge in [-0.05, 0) is 34.3 Å². The lowest BCUT2D eigenvalue weighted by atomic mass is 9.84. The maximum atomic E-state index is 10.4. The topological polar surface area (TPSA) is 20.2 Å². The number of rotatable bonds is 4. The van der Waals surface area contributed by atoms with Crippen LogP contribution in [-0.4, -0.2) is 10.7 Å². The first-order valence-corrected chi connectivity index (χ1v) is 6.60. The van der Waals surface area contributed by atoms with Crippen molar-refractivity contribution in [3.63, 3.8) is 0 Å². The molecule has 0 aliphatic heterocycles. The highest BCUT2D eigenvalue weighted by Gasteiger charge is 2.29. The molecule has 1 aromatic rings. The first-order chi connectivity index (χ1) is 6.48. The average molecular weight is 277 g/mol. The Bertz CT molecular complexity index is 295. The van der Waals surface area contributed by atoms with Crippen molar-refractivity contribution in [2.45, 2.75) is 39.2 Å². The van der Waals surface area contributed by atoms with Gasteiger partial charge in [0.05, 0.1) is 5.60 Å². The molecule has 1 rings (SSSR count). The van der Waals surface area contributed by atoms with E-state index in [0.29, 0.717) is 5.92 Å². The van der Waals surface area contributed by atoms with E-state index in [1.807, 2.05) is 6.92 Å². The molecule has 1 atom stereocenters. The maximum Gasteiger partial charge on any atom is 0.0715 e. The third kappa shape index (κ3) is 2.81. The van der Waals surface area contributed by atoms with Gasteiger partial charge in [0.1, 0.15) is 0 Å². The average Bonchev–Trinajstić information content (AvgIpc) is 2.50. The summed E-state index contributed by atoms with van der Waals surface area (Å²) in [6, 6.07) is 2.09. The summed E-state index contributed by atoms with van der Waals surface area (Å²) in [7, 11) is 0. The fraction of sp³-hybridized carbons (Fsp3) is 0.636. The van der Waals surface area contributed by atoms with E-state index >= 15 is 0 Å². The summed E-state index contributed by atoms with van der Waals surface area (Å²) >= 11 is 5.13. The maximum absolute atomic E-state index is 10.4. The lowest BCUT2D eigenvalue weighted by molar-refractivity contribution is -0.00759. The number of hydrogen-bond donors (Lipinski definition) is 1. The zero-order chi connectivity index (χ0) is 10.8. The van der Waals surface area contributed by atoms with Gasteiger partial charge in [-0.3, -0.25) is 0 Å². The standard InChI is InChI=1S/C11H17BrOS/c1-4-11(13,8(2)3)6-10-5-9(12)7-14-10/h5,7-8,13H,4,6H2,1-3H3. The van der Waals surface area contributed by atoms with Crippen LogP contribution in [0.5, 0.6) is 0 Å². The minimum Gasteiger partial charge on any atom is -0.389 e. The molecule has 0 saturated carbocycles. The van der Waals surface area contributed by atoms with E-state index in [9.17, 15) is 5.11 Å². The minimum absolute atomic E-state index is 0.299. The SMILES string of the molecule is CCC(O)(Cc1cc(Br)cs1)C(C)C. The molecule has 1 heterocycles. The molecule has 1 aromatic heterocycles. The molecule has 0 fully saturated rings. The Morgan fingerprint density at radius 1 is 1.57 bits per heavy atom. The first kappa shape index (κ1) is 12.2. The monoisotopic (exact) mass is 276 g/mol. The van der Waals surface area contributed by atoms with Crippen LogP contribution in [0.2, 0.25) is 0 Å². The van der Waals surface area contributed by atoms with E-state index in [1.54, 1.807) is 11.3 Å². The van der Waals surface area contributed by atoms with Crippen LogP contribution in [0.4, 0.5) is 0 Å². The summed E-state index contributed by atoms with van der Waals surface area (Å²) in [5, 5.41) is 12.4. The van der Waals surface area contributed by atoms with E-state index in [0.717, 1.165) is 17.3 Å². The molecular weight excluding hydrogens is 260 g/mol. The number of thiophene rings is 1. The third-order valence-corrected chi connectivity index (χ3v) is 4.49. The molecule has 0 amide bonds. The highest BCUT2D eigenvalue weighted by molar-refractivity contribution is 9.10. The second-order valence-electron chi connectivity index (χ2n) is 4.02. The highest BCUT2D eigenvalue weighted by Crippen LogP contribution is 2.29. The van der Waals surface area contributed by atoms with Crippen LogP contribution in [0.3, 0.4) is 0 Å². The fourth-order valence-electron chi connectivity index (χ4n) is 1.49. The Labute approximate surface area is 98.3 Å². The molecule has 1 unspecified atom stereocenters. The largest absolute Gasteiger partial charge is 0.389 e. The van der Waals surface area contributed by atoms with Gasteiger partial charge in [0.2, 0.25) is 0 Å². The van der Waals surface area contributed by atoms with Crippen LogP contribution < -0.4 is 0 Å². The van der Waals surface area contributed by atoms with Gasteiger partial charge in [0.25, 0.3) is 0 Å². The van der Waals surface area contributed by atoms with Crippen molar-refractivity contribution in [2.75, 3.05) is 0 Å². The van der Waals surface area contributed by atoms with Crippen molar-refractivity contribution in [1.29, 1.82) is 0 Å². The molecule has 0 aliphatic carbocycles. The van der Waals surface area contributed by atoms with Crippen molar-refractivity contribution in [3.05, 3.63) is 20.8 Å². The number of halogens is 1. The Balaban J connectivity index is 2.75. The second-order valence-corrected chi connectivity index (χ2v) is 5.93. The zero-order valence-corrected chi connectivity index (χ0v) is 11.3. The lowest BCUT2D eigenvalue weighted by Crippen LogP contribution is -2.36. The fourth-order valence-corrected chi connectivity index (χ4v) is 3.05. The van der Waals surface area contributed by atoms with Gasteiger partial charge in [-0.15, -0.1) is 11.3 Å². The van der Waals surface area contributed by atoms with Gasteiger partial charge in [-0.2, -0.15) is 0 Å². The predicted molar refractivity (Wildman–Crippen MR) is 65.8 cm³/mol. The normalized spacial score (nSPS) is 15.9. The lowest BCUT2D eigenvalue weighted by Gasteiger charge is -2.30. The predicted octanol–water partition coefficient (Wildman–Crippen LogP) is 3.85. The second kappa shape index (κ2) is 4.77. The molecule has 3 heteroatoms. The molecule has 1 nitrogen and oxygen atoms in total. The van der Waals surface area contributed by atoms with Crippen molar-refractivity contribution in [1.82, 2.24) is 0 Å². The van der Waals surface area contributed by atoms with E-state index < -0.39 is 5.60 Å². The molecule has 0 aromatic carbocycles. The van der Waals surface area contributed by atoms with E-state index in [4.69, 9.17) is 0 Å². The molecule has 0 spiro atoms. The summed E-state index contributed by atoms with van der Waals surface area (Å²) in [6.07, 6.45) is 1.57. The summed E-state index contributed by atoms with van der Waals surface area (Å²) in [6.45, 7) is 6.20. The van der Waals surface area contributed by atoms with Crippen LogP contribution >= 0.6 is 27.3 Å². The van der Waals surface area contributed by atoms with E-state index in [1.165, 1.54) is 4.88 Å². The number of hydrogen-bond acceptors (Lipinski definition) is 2. The summed E-state index contributed by atoms with van der Waals surface area (Å²) < 4.78 is 1.11. The molecule has 80 valence electrons. The van der Waals surface area contributed by atoms with Crippen molar-refractivity contribution < 1.29 is 5.11 Å². The molecule has 0 radical (unpaired) electrons. The Hall–Kier alpha value is 0.140. The quantitative estimate of drug-likeness (QED) is 0.886. The van der Waals surface area contributed by atoms with E-state index in [-0.39, 0.29) is 0 Å². The van der Waals surface area contributed by atoms with Gasteiger partial charge >= 0.3 is 0 Å². The van der Waals surface area contributed by atoms with Gasteiger partial charge < -0.3 is 5.11 Å². The first-order valence-electron chi connectivity index (χ1n) is 4.93. The molecule has 1 N–H and O–H groups in total. The Kier molecular flexibility index (Phi) is 4.16. The zero-order valence-electron chi connectivity index (χ0n) is 8.88. The molecular formula is C11H17BrOS. The summed E-state index contributed by atoms with van der Waals surface area (Å²) in [5.74, 6) is 0.299. The smallest absolute Gasteiger partial charge is 0.0715 e. The minimum atomic E-state index is -0.551. The van der Waals surface area contributed by atoms with Gasteiger partial charge in [0.15, 0.2) is 0 Å². The summed E-state index contributed by atoms with van der Waals surface area (Å²) in [4.78, 5) is 1.25.